The fourth-order valence-corrected chi connectivity index (χ4v) is 9.52. The number of pyridine rings is 2. The number of rotatable bonds is 10. The third-order valence-electron chi connectivity index (χ3n) is 10.9. The maximum absolute atomic E-state index is 12.8. The number of aryl methyl sites for hydroxylation is 2. The third-order valence-corrected chi connectivity index (χ3v) is 18.3. The molecule has 2 aromatic heterocycles. The van der Waals surface area contributed by atoms with E-state index in [0.29, 0.717) is 63.9 Å². The van der Waals surface area contributed by atoms with Crippen LogP contribution < -0.4 is 23.7 Å². The number of nitrogens with zero attached hydrogens (tertiary/aromatic N) is 6. The lowest BCUT2D eigenvalue weighted by Crippen LogP contribution is -2.50. The van der Waals surface area contributed by atoms with Crippen molar-refractivity contribution < 1.29 is 31.1 Å². The Balaban J connectivity index is 0.000000242. The first-order valence-corrected chi connectivity index (χ1v) is 26.2. The van der Waals surface area contributed by atoms with Gasteiger partial charge >= 0.3 is 20.4 Å². The second-order valence-electron chi connectivity index (χ2n) is 16.6. The van der Waals surface area contributed by atoms with Crippen molar-refractivity contribution in [2.45, 2.75) is 65.6 Å². The Kier molecular flexibility index (Phi) is 17.6. The molecule has 19 heteroatoms. The first-order chi connectivity index (χ1) is 28.3. The van der Waals surface area contributed by atoms with Crippen molar-refractivity contribution in [1.29, 1.82) is 0 Å². The van der Waals surface area contributed by atoms with Gasteiger partial charge in [0.2, 0.25) is 0 Å². The molecule has 7 rings (SSSR count). The van der Waals surface area contributed by atoms with Crippen LogP contribution in [0, 0.1) is 13.8 Å². The van der Waals surface area contributed by atoms with E-state index in [1.807, 2.05) is 6.92 Å². The summed E-state index contributed by atoms with van der Waals surface area (Å²) in [5.74, 6) is 1.14. The lowest BCUT2D eigenvalue weighted by Gasteiger charge is -2.36. The van der Waals surface area contributed by atoms with Gasteiger partial charge in [-0.15, -0.1) is 12.4 Å². The maximum Gasteiger partial charge on any atom is 0.302 e. The Morgan fingerprint density at radius 3 is 1.38 bits per heavy atom. The molecule has 336 valence electrons. The summed E-state index contributed by atoms with van der Waals surface area (Å²) in [5.41, 5.74) is 4.63. The van der Waals surface area contributed by atoms with Gasteiger partial charge in [-0.2, -0.15) is 25.4 Å². The van der Waals surface area contributed by atoms with E-state index >= 15 is 0 Å². The molecule has 2 aromatic carbocycles. The van der Waals surface area contributed by atoms with Gasteiger partial charge in [-0.05, 0) is 93.4 Å². The fourth-order valence-electron chi connectivity index (χ4n) is 6.18. The van der Waals surface area contributed by atoms with E-state index in [1.165, 1.54) is 50.9 Å². The molecule has 0 bridgehead atoms. The van der Waals surface area contributed by atoms with E-state index in [0.717, 1.165) is 24.6 Å². The summed E-state index contributed by atoms with van der Waals surface area (Å²) in [6.07, 6.45) is 5.35. The van der Waals surface area contributed by atoms with Gasteiger partial charge in [0.25, 0.3) is 8.32 Å². The smallest absolute Gasteiger partial charge is 0.302 e. The summed E-state index contributed by atoms with van der Waals surface area (Å²) in [5, 5.41) is 9.28. The first kappa shape index (κ1) is 49.5. The minimum absolute atomic E-state index is 0. The normalized spacial score (nSPS) is 16.6. The number of anilines is 4. The molecular weight excluding hydrogens is 856 g/mol. The Labute approximate surface area is 370 Å². The summed E-state index contributed by atoms with van der Waals surface area (Å²) in [6, 6.07) is 22.8. The second-order valence-corrected chi connectivity index (χ2v) is 24.7. The minimum Gasteiger partial charge on any atom is -0.542 e. The highest BCUT2D eigenvalue weighted by Gasteiger charge is 2.39. The minimum atomic E-state index is -3.66. The third kappa shape index (κ3) is 14.7. The number of hydrogen-bond acceptors (Lipinski definition) is 11. The molecule has 15 nitrogen and oxygen atoms in total. The lowest BCUT2D eigenvalue weighted by atomic mass is 10.2. The molecule has 0 saturated carbocycles. The highest BCUT2D eigenvalue weighted by molar-refractivity contribution is 7.90. The van der Waals surface area contributed by atoms with Gasteiger partial charge in [0.05, 0.1) is 12.4 Å². The molecule has 3 aliphatic heterocycles. The molecule has 0 unspecified atom stereocenters. The standard InChI is InChI=1S/C22H34N4O3SSi.C16H20N4O3S.C4H8O.ClH/c1-18-7-9-19(10-8-18)25-13-15-26(16-14-25)30(27,28)24-21-12-11-20(17-23-21)29-31(5,6)22(2,3)4;1-13-2-4-14(5-3-13)19-8-10-20(11-9-19)24(22,23)18-16-7-6-15(21)12-17-16;1-2-4-5-3-1;/h7-12,17H,13-16H2,1-6H3,(H,23,24);2-7,12,21H,8-11H2,1H3,(H,17,18);1-4H2;1H. The Bertz CT molecular complexity index is 2150. The Hall–Kier alpha value is -4.17. The van der Waals surface area contributed by atoms with Crippen molar-refractivity contribution in [3.8, 4) is 11.5 Å². The van der Waals surface area contributed by atoms with Gasteiger partial charge in [0.15, 0.2) is 0 Å². The van der Waals surface area contributed by atoms with Crippen LogP contribution >= 0.6 is 12.4 Å². The summed E-state index contributed by atoms with van der Waals surface area (Å²) >= 11 is 0. The van der Waals surface area contributed by atoms with Crippen molar-refractivity contribution in [3.05, 3.63) is 96.3 Å². The maximum atomic E-state index is 12.8. The van der Waals surface area contributed by atoms with Crippen molar-refractivity contribution >= 4 is 64.2 Å². The van der Waals surface area contributed by atoms with Crippen LogP contribution in [0.25, 0.3) is 0 Å². The van der Waals surface area contributed by atoms with Crippen molar-refractivity contribution in [2.75, 3.05) is 84.8 Å². The van der Waals surface area contributed by atoms with Gasteiger partial charge < -0.3 is 24.1 Å². The van der Waals surface area contributed by atoms with Crippen molar-refractivity contribution in [2.24, 2.45) is 0 Å². The number of benzene rings is 2. The molecule has 0 amide bonds. The number of halogens is 1. The van der Waals surface area contributed by atoms with Crippen LogP contribution in [0.4, 0.5) is 23.0 Å². The van der Waals surface area contributed by atoms with Crippen LogP contribution in [0.2, 0.25) is 18.1 Å². The fraction of sp³-hybridized carbons (Fsp3) is 0.476. The summed E-state index contributed by atoms with van der Waals surface area (Å²) in [4.78, 5) is 12.5. The van der Waals surface area contributed by atoms with Gasteiger partial charge in [-0.25, -0.2) is 9.97 Å². The zero-order valence-electron chi connectivity index (χ0n) is 36.4. The number of aromatic nitrogens is 2. The highest BCUT2D eigenvalue weighted by Crippen LogP contribution is 2.37. The zero-order valence-corrected chi connectivity index (χ0v) is 39.8. The number of nitrogens with one attached hydrogen (secondary N) is 2. The molecule has 0 radical (unpaired) electrons. The number of piperazine rings is 2. The SMILES string of the molecule is C1CCOC1.Cc1ccc(N2CCN(S(=O)(=O)Nc3ccc(O)cn3)CC2)cc1.Cc1ccc(N2CCN(S(=O)(=O)Nc3ccc(O[Si](C)(C)C(C)(C)C)cn3)CC2)cc1.Cl. The molecule has 3 fully saturated rings. The summed E-state index contributed by atoms with van der Waals surface area (Å²) < 4.78 is 69.5. The van der Waals surface area contributed by atoms with Crippen LogP contribution in [0.3, 0.4) is 0 Å². The van der Waals surface area contributed by atoms with Crippen LogP contribution in [0.15, 0.2) is 85.2 Å². The van der Waals surface area contributed by atoms with E-state index in [9.17, 15) is 21.9 Å². The molecule has 61 heavy (non-hydrogen) atoms. The molecule has 0 aliphatic carbocycles. The van der Waals surface area contributed by atoms with Gasteiger partial charge in [0.1, 0.15) is 23.1 Å². The van der Waals surface area contributed by atoms with Crippen molar-refractivity contribution in [1.82, 2.24) is 18.6 Å². The quantitative estimate of drug-likeness (QED) is 0.140. The number of ether oxygens (including phenoxy) is 1. The van der Waals surface area contributed by atoms with Gasteiger partial charge in [-0.3, -0.25) is 9.44 Å². The van der Waals surface area contributed by atoms with Gasteiger partial charge in [0, 0.05) is 76.9 Å². The monoisotopic (exact) mass is 918 g/mol. The summed E-state index contributed by atoms with van der Waals surface area (Å²) in [6.45, 7) is 21.2. The van der Waals surface area contributed by atoms with Gasteiger partial charge in [-0.1, -0.05) is 56.2 Å². The van der Waals surface area contributed by atoms with Crippen LogP contribution in [-0.4, -0.2) is 114 Å². The largest absolute Gasteiger partial charge is 0.542 e. The highest BCUT2D eigenvalue weighted by atomic mass is 35.5. The lowest BCUT2D eigenvalue weighted by molar-refractivity contribution is 0.198. The van der Waals surface area contributed by atoms with Crippen molar-refractivity contribution in [3.63, 3.8) is 0 Å². The molecule has 3 saturated heterocycles. The molecule has 5 heterocycles. The summed E-state index contributed by atoms with van der Waals surface area (Å²) in [7, 11) is -9.27. The van der Waals surface area contributed by atoms with E-state index in [1.54, 1.807) is 18.3 Å². The topological polar surface area (TPSA) is 170 Å². The Morgan fingerprint density at radius 1 is 0.639 bits per heavy atom. The van der Waals surface area contributed by atoms with E-state index in [-0.39, 0.29) is 29.0 Å². The number of hydrogen-bond donors (Lipinski definition) is 3. The predicted octanol–water partition coefficient (Wildman–Crippen LogP) is 7.05. The molecular formula is C42H63ClN8O7S2Si. The second kappa shape index (κ2) is 21.8. The molecule has 4 aromatic rings. The van der Waals surface area contributed by atoms with Crippen LogP contribution in [0.5, 0.6) is 11.5 Å². The van der Waals surface area contributed by atoms with E-state index in [2.05, 4.69) is 119 Å². The van der Waals surface area contributed by atoms with E-state index < -0.39 is 28.7 Å². The molecule has 3 N–H and O–H groups in total. The van der Waals surface area contributed by atoms with Crippen LogP contribution in [-0.2, 0) is 25.2 Å². The average molecular weight is 920 g/mol. The Morgan fingerprint density at radius 2 is 1.05 bits per heavy atom. The zero-order chi connectivity index (χ0) is 43.6. The predicted molar refractivity (Wildman–Crippen MR) is 250 cm³/mol. The average Bonchev–Trinajstić information content (AvgIpc) is 3.81. The molecule has 0 spiro atoms. The molecule has 0 atom stereocenters. The van der Waals surface area contributed by atoms with Crippen LogP contribution in [0.1, 0.15) is 44.7 Å². The van der Waals surface area contributed by atoms with E-state index in [4.69, 9.17) is 9.16 Å². The first-order valence-electron chi connectivity index (χ1n) is 20.4. The molecule has 3 aliphatic rings. The number of aromatic hydroxyl groups is 1.